The molecule has 3 rings (SSSR count). The van der Waals surface area contributed by atoms with Crippen molar-refractivity contribution in [3.05, 3.63) is 0 Å². The summed E-state index contributed by atoms with van der Waals surface area (Å²) in [5, 5.41) is 9.33. The number of imide groups is 1. The molecule has 3 aliphatic rings. The van der Waals surface area contributed by atoms with Crippen molar-refractivity contribution in [2.45, 2.75) is 82.1 Å². The van der Waals surface area contributed by atoms with E-state index in [0.29, 0.717) is 19.6 Å². The average molecular weight is 441 g/mol. The third kappa shape index (κ3) is 3.98. The predicted octanol–water partition coefficient (Wildman–Crippen LogP) is 1.20. The molecule has 0 radical (unpaired) electrons. The monoisotopic (exact) mass is 440 g/mol. The summed E-state index contributed by atoms with van der Waals surface area (Å²) < 4.78 is 5.50. The fraction of sp³-hybridized carbons (Fsp3) is 0.810. The highest BCUT2D eigenvalue weighted by Gasteiger charge is 2.65. The van der Waals surface area contributed by atoms with Crippen molar-refractivity contribution in [1.82, 2.24) is 9.80 Å². The molecular formula is C21H32N2O6S. The molecule has 0 saturated carbocycles. The molecule has 0 aromatic rings. The maximum absolute atomic E-state index is 13.0. The van der Waals surface area contributed by atoms with Crippen LogP contribution in [0.1, 0.15) is 53.4 Å². The molecule has 3 fully saturated rings. The molecule has 0 aromatic heterocycles. The van der Waals surface area contributed by atoms with Gasteiger partial charge < -0.3 is 14.7 Å². The van der Waals surface area contributed by atoms with Crippen LogP contribution < -0.4 is 0 Å². The van der Waals surface area contributed by atoms with E-state index in [1.54, 1.807) is 11.8 Å². The maximum atomic E-state index is 13.0. The van der Waals surface area contributed by atoms with E-state index in [1.807, 2.05) is 6.92 Å². The van der Waals surface area contributed by atoms with E-state index in [4.69, 9.17) is 4.74 Å². The number of amides is 3. The van der Waals surface area contributed by atoms with Gasteiger partial charge in [-0.05, 0) is 25.7 Å². The van der Waals surface area contributed by atoms with Gasteiger partial charge in [0.1, 0.15) is 6.04 Å². The number of carbonyl (C=O) groups excluding carboxylic acids is 4. The lowest BCUT2D eigenvalue weighted by Gasteiger charge is -2.47. The van der Waals surface area contributed by atoms with Gasteiger partial charge in [0.2, 0.25) is 17.7 Å². The average Bonchev–Trinajstić information content (AvgIpc) is 3.15. The number of ether oxygens (including phenoxy) is 1. The lowest BCUT2D eigenvalue weighted by atomic mass is 9.79. The Morgan fingerprint density at radius 3 is 2.53 bits per heavy atom. The van der Waals surface area contributed by atoms with Crippen LogP contribution in [0.15, 0.2) is 0 Å². The van der Waals surface area contributed by atoms with Gasteiger partial charge >= 0.3 is 5.97 Å². The first-order valence-corrected chi connectivity index (χ1v) is 11.8. The molecule has 30 heavy (non-hydrogen) atoms. The van der Waals surface area contributed by atoms with Crippen LogP contribution in [0.5, 0.6) is 0 Å². The highest BCUT2D eigenvalue weighted by molar-refractivity contribution is 8.01. The van der Waals surface area contributed by atoms with Gasteiger partial charge in [-0.1, -0.05) is 26.7 Å². The minimum atomic E-state index is -0.799. The molecule has 3 amide bonds. The number of thioether (sulfide) groups is 1. The summed E-state index contributed by atoms with van der Waals surface area (Å²) in [7, 11) is 0. The first kappa shape index (κ1) is 23.1. The number of unbranched alkanes of at least 4 members (excludes halogenated alkanes) is 2. The molecule has 3 heterocycles. The lowest BCUT2D eigenvalue weighted by Crippen LogP contribution is -2.65. The molecule has 7 atom stereocenters. The molecule has 8 nitrogen and oxygen atoms in total. The third-order valence-electron chi connectivity index (χ3n) is 6.51. The number of aliphatic hydroxyl groups excluding tert-OH is 1. The zero-order valence-electron chi connectivity index (χ0n) is 18.1. The van der Waals surface area contributed by atoms with E-state index >= 15 is 0 Å². The Kier molecular flexibility index (Phi) is 7.12. The van der Waals surface area contributed by atoms with Crippen LogP contribution in [-0.2, 0) is 23.9 Å². The van der Waals surface area contributed by atoms with Gasteiger partial charge in [0, 0.05) is 18.7 Å². The fourth-order valence-electron chi connectivity index (χ4n) is 4.93. The summed E-state index contributed by atoms with van der Waals surface area (Å²) in [6.45, 7) is 7.68. The van der Waals surface area contributed by atoms with E-state index in [-0.39, 0.29) is 34.9 Å². The summed E-state index contributed by atoms with van der Waals surface area (Å²) in [6.07, 6.45) is 2.47. The molecule has 1 N–H and O–H groups in total. The first-order chi connectivity index (χ1) is 14.2. The number of esters is 1. The summed E-state index contributed by atoms with van der Waals surface area (Å²) in [5.74, 6) is -1.80. The van der Waals surface area contributed by atoms with Crippen LogP contribution in [0.4, 0.5) is 0 Å². The molecular weight excluding hydrogens is 408 g/mol. The van der Waals surface area contributed by atoms with Crippen LogP contribution in [0, 0.1) is 11.8 Å². The third-order valence-corrected chi connectivity index (χ3v) is 8.28. The molecule has 9 heteroatoms. The molecule has 3 aliphatic heterocycles. The van der Waals surface area contributed by atoms with Crippen LogP contribution in [-0.4, -0.2) is 80.4 Å². The van der Waals surface area contributed by atoms with E-state index in [9.17, 15) is 24.3 Å². The van der Waals surface area contributed by atoms with Crippen molar-refractivity contribution < 1.29 is 29.0 Å². The molecule has 0 bridgehead atoms. The number of likely N-dealkylation sites (tertiary alicyclic amines) is 1. The number of fused-ring (bicyclic) bond motifs is 1. The van der Waals surface area contributed by atoms with Crippen LogP contribution in [0.25, 0.3) is 0 Å². The number of carbonyl (C=O) groups is 4. The number of nitrogens with zero attached hydrogens (tertiary/aromatic N) is 2. The first-order valence-electron chi connectivity index (χ1n) is 10.8. The second kappa shape index (κ2) is 9.26. The van der Waals surface area contributed by atoms with Gasteiger partial charge in [0.15, 0.2) is 0 Å². The van der Waals surface area contributed by atoms with Gasteiger partial charge in [0.05, 0.1) is 29.9 Å². The van der Waals surface area contributed by atoms with Gasteiger partial charge in [0.25, 0.3) is 0 Å². The highest BCUT2D eigenvalue weighted by Crippen LogP contribution is 2.50. The Morgan fingerprint density at radius 1 is 1.27 bits per heavy atom. The number of hydrogen-bond acceptors (Lipinski definition) is 7. The smallest absolute Gasteiger partial charge is 0.330 e. The highest BCUT2D eigenvalue weighted by atomic mass is 32.2. The maximum Gasteiger partial charge on any atom is 0.330 e. The van der Waals surface area contributed by atoms with E-state index in [0.717, 1.165) is 19.3 Å². The van der Waals surface area contributed by atoms with Crippen LogP contribution >= 0.6 is 11.8 Å². The zero-order valence-corrected chi connectivity index (χ0v) is 18.9. The molecule has 0 spiro atoms. The number of hydrogen-bond donors (Lipinski definition) is 1. The van der Waals surface area contributed by atoms with Gasteiger partial charge in [-0.2, -0.15) is 0 Å². The van der Waals surface area contributed by atoms with E-state index < -0.39 is 29.3 Å². The Hall–Kier alpha value is -1.61. The number of β-lactam (4-membered cyclic amide) rings is 1. The van der Waals surface area contributed by atoms with Crippen molar-refractivity contribution in [2.24, 2.45) is 11.8 Å². The Morgan fingerprint density at radius 2 is 1.97 bits per heavy atom. The summed E-state index contributed by atoms with van der Waals surface area (Å²) >= 11 is 1.38. The minimum absolute atomic E-state index is 0.0836. The van der Waals surface area contributed by atoms with Crippen molar-refractivity contribution in [3.8, 4) is 0 Å². The fourth-order valence-corrected chi connectivity index (χ4v) is 6.59. The van der Waals surface area contributed by atoms with Gasteiger partial charge in [-0.3, -0.25) is 19.3 Å². The minimum Gasteiger partial charge on any atom is -0.464 e. The Balaban J connectivity index is 1.78. The van der Waals surface area contributed by atoms with Crippen LogP contribution in [0.3, 0.4) is 0 Å². The molecule has 3 saturated heterocycles. The van der Waals surface area contributed by atoms with Gasteiger partial charge in [-0.15, -0.1) is 11.8 Å². The summed E-state index contributed by atoms with van der Waals surface area (Å²) in [4.78, 5) is 52.8. The van der Waals surface area contributed by atoms with E-state index in [1.165, 1.54) is 23.6 Å². The molecule has 168 valence electrons. The standard InChI is InChI=1S/C21H32N2O6S/c1-5-6-7-10-29-21(28)17-18(30-14-8-9-22(13(4)25)19(14)26)11(2)16-15(12(3)24)20(27)23(16)17/h11-12,14-18,24H,5-10H2,1-4H3. The van der Waals surface area contributed by atoms with Crippen molar-refractivity contribution in [1.29, 1.82) is 0 Å². The summed E-state index contributed by atoms with van der Waals surface area (Å²) in [6, 6.07) is -1.01. The number of rotatable bonds is 8. The topological polar surface area (TPSA) is 104 Å². The Bertz CT molecular complexity index is 714. The van der Waals surface area contributed by atoms with Gasteiger partial charge in [-0.25, -0.2) is 4.79 Å². The number of aliphatic hydroxyl groups is 1. The molecule has 0 aliphatic carbocycles. The second-order valence-corrected chi connectivity index (χ2v) is 9.95. The normalized spacial score (nSPS) is 34.0. The van der Waals surface area contributed by atoms with Crippen molar-refractivity contribution in [2.75, 3.05) is 13.2 Å². The lowest BCUT2D eigenvalue weighted by molar-refractivity contribution is -0.172. The predicted molar refractivity (Wildman–Crippen MR) is 111 cm³/mol. The molecule has 7 unspecified atom stereocenters. The second-order valence-electron chi connectivity index (χ2n) is 8.57. The van der Waals surface area contributed by atoms with Crippen molar-refractivity contribution in [3.63, 3.8) is 0 Å². The largest absolute Gasteiger partial charge is 0.464 e. The summed E-state index contributed by atoms with van der Waals surface area (Å²) in [5.41, 5.74) is 0. The molecule has 0 aromatic carbocycles. The SMILES string of the molecule is CCCCCOC(=O)C1C(SC2CCN(C(C)=O)C2=O)C(C)C2C(C(C)O)C(=O)N12. The van der Waals surface area contributed by atoms with Crippen LogP contribution in [0.2, 0.25) is 0 Å². The zero-order chi connectivity index (χ0) is 22.2. The quantitative estimate of drug-likeness (QED) is 0.343. The van der Waals surface area contributed by atoms with E-state index in [2.05, 4.69) is 6.92 Å². The van der Waals surface area contributed by atoms with Crippen molar-refractivity contribution >= 4 is 35.5 Å². The Labute approximate surface area is 181 Å².